The van der Waals surface area contributed by atoms with Crippen molar-refractivity contribution in [2.75, 3.05) is 13.7 Å². The summed E-state index contributed by atoms with van der Waals surface area (Å²) in [6, 6.07) is 12.7. The molecule has 5 nitrogen and oxygen atoms in total. The Labute approximate surface area is 152 Å². The Morgan fingerprint density at radius 1 is 1.20 bits per heavy atom. The third-order valence-electron chi connectivity index (χ3n) is 4.29. The highest BCUT2D eigenvalue weighted by Crippen LogP contribution is 2.25. The smallest absolute Gasteiger partial charge is 0.413 e. The fourth-order valence-electron chi connectivity index (χ4n) is 2.59. The Morgan fingerprint density at radius 2 is 1.88 bits per heavy atom. The summed E-state index contributed by atoms with van der Waals surface area (Å²) in [5.74, 6) is 0.161. The number of hydrogen-bond acceptors (Lipinski definition) is 4. The van der Waals surface area contributed by atoms with E-state index < -0.39 is 6.09 Å². The van der Waals surface area contributed by atoms with Crippen LogP contribution in [0.15, 0.2) is 41.8 Å². The minimum absolute atomic E-state index is 0.0226. The first-order valence-corrected chi connectivity index (χ1v) is 9.27. The molecule has 2 amide bonds. The second-order valence-corrected chi connectivity index (χ2v) is 6.93. The van der Waals surface area contributed by atoms with E-state index in [4.69, 9.17) is 0 Å². The summed E-state index contributed by atoms with van der Waals surface area (Å²) >= 11 is 1.66. The van der Waals surface area contributed by atoms with Crippen LogP contribution in [0.1, 0.15) is 48.2 Å². The molecule has 2 rings (SSSR count). The lowest BCUT2D eigenvalue weighted by atomic mass is 9.95. The SMILES string of the molecule is CC[C@H](C)c1ccc([C@H]([NH2+]CC(=O)NC(=O)OC)c2cccs2)cc1. The molecule has 25 heavy (non-hydrogen) atoms. The molecule has 0 aliphatic carbocycles. The van der Waals surface area contributed by atoms with Crippen molar-refractivity contribution >= 4 is 23.3 Å². The maximum Gasteiger partial charge on any atom is 0.413 e. The molecule has 1 heterocycles. The van der Waals surface area contributed by atoms with Crippen LogP contribution in [0, 0.1) is 0 Å². The molecule has 0 radical (unpaired) electrons. The molecular weight excluding hydrogens is 336 g/mol. The van der Waals surface area contributed by atoms with Crippen LogP contribution in [0.2, 0.25) is 0 Å². The van der Waals surface area contributed by atoms with E-state index in [1.165, 1.54) is 17.6 Å². The number of alkyl carbamates (subject to hydrolysis) is 1. The molecule has 0 aliphatic rings. The first-order valence-electron chi connectivity index (χ1n) is 8.39. The second-order valence-electron chi connectivity index (χ2n) is 5.95. The molecule has 1 aromatic heterocycles. The number of imide groups is 1. The van der Waals surface area contributed by atoms with E-state index in [-0.39, 0.29) is 18.5 Å². The zero-order chi connectivity index (χ0) is 18.2. The standard InChI is InChI=1S/C19H24N2O3S/c1-4-13(2)14-7-9-15(10-8-14)18(16-6-5-11-25-16)20-12-17(22)21-19(23)24-3/h5-11,13,18,20H,4,12H2,1-3H3,(H,21,22,23)/p+1/t13-,18-/m0/s1. The molecular formula is C19H25N2O3S+. The van der Waals surface area contributed by atoms with Crippen molar-refractivity contribution in [2.24, 2.45) is 0 Å². The average Bonchev–Trinajstić information content (AvgIpc) is 3.16. The Balaban J connectivity index is 2.11. The average molecular weight is 361 g/mol. The predicted octanol–water partition coefficient (Wildman–Crippen LogP) is 2.80. The van der Waals surface area contributed by atoms with Crippen LogP contribution in [-0.4, -0.2) is 25.7 Å². The fourth-order valence-corrected chi connectivity index (χ4v) is 3.44. The first kappa shape index (κ1) is 19.1. The van der Waals surface area contributed by atoms with Gasteiger partial charge in [-0.2, -0.15) is 0 Å². The van der Waals surface area contributed by atoms with Crippen LogP contribution in [0.3, 0.4) is 0 Å². The van der Waals surface area contributed by atoms with Gasteiger partial charge in [0.05, 0.1) is 12.0 Å². The highest BCUT2D eigenvalue weighted by Gasteiger charge is 2.21. The van der Waals surface area contributed by atoms with E-state index in [1.54, 1.807) is 11.3 Å². The molecule has 2 atom stereocenters. The monoisotopic (exact) mass is 361 g/mol. The number of amides is 2. The van der Waals surface area contributed by atoms with Crippen molar-refractivity contribution in [1.29, 1.82) is 0 Å². The number of benzene rings is 1. The predicted molar refractivity (Wildman–Crippen MR) is 98.7 cm³/mol. The number of carbonyl (C=O) groups excluding carboxylic acids is 2. The largest absolute Gasteiger partial charge is 0.453 e. The third kappa shape index (κ3) is 5.41. The highest BCUT2D eigenvalue weighted by molar-refractivity contribution is 7.10. The summed E-state index contributed by atoms with van der Waals surface area (Å²) in [6.07, 6.45) is 0.372. The van der Waals surface area contributed by atoms with Crippen LogP contribution >= 0.6 is 11.3 Å². The number of carbonyl (C=O) groups is 2. The Kier molecular flexibility index (Phi) is 7.16. The van der Waals surface area contributed by atoms with Gasteiger partial charge in [0.1, 0.15) is 6.04 Å². The van der Waals surface area contributed by atoms with Crippen molar-refractivity contribution < 1.29 is 19.6 Å². The number of nitrogens with two attached hydrogens (primary N) is 1. The number of hydrogen-bond donors (Lipinski definition) is 2. The third-order valence-corrected chi connectivity index (χ3v) is 5.25. The van der Waals surface area contributed by atoms with Crippen molar-refractivity contribution in [3.05, 3.63) is 57.8 Å². The van der Waals surface area contributed by atoms with Gasteiger partial charge >= 0.3 is 6.09 Å². The molecule has 6 heteroatoms. The summed E-state index contributed by atoms with van der Waals surface area (Å²) < 4.78 is 4.45. The van der Waals surface area contributed by atoms with E-state index in [0.717, 1.165) is 12.0 Å². The summed E-state index contributed by atoms with van der Waals surface area (Å²) in [4.78, 5) is 24.2. The normalized spacial score (nSPS) is 13.1. The van der Waals surface area contributed by atoms with Gasteiger partial charge in [0.25, 0.3) is 5.91 Å². The maximum atomic E-state index is 11.9. The number of rotatable bonds is 7. The molecule has 134 valence electrons. The van der Waals surface area contributed by atoms with Gasteiger partial charge in [-0.1, -0.05) is 44.2 Å². The van der Waals surface area contributed by atoms with Crippen LogP contribution in [0.4, 0.5) is 4.79 Å². The maximum absolute atomic E-state index is 11.9. The number of quaternary nitrogens is 1. The van der Waals surface area contributed by atoms with Gasteiger partial charge in [-0.25, -0.2) is 4.79 Å². The fraction of sp³-hybridized carbons (Fsp3) is 0.368. The van der Waals surface area contributed by atoms with Gasteiger partial charge in [-0.05, 0) is 29.3 Å². The minimum atomic E-state index is -0.732. The van der Waals surface area contributed by atoms with Gasteiger partial charge in [0.15, 0.2) is 6.54 Å². The summed E-state index contributed by atoms with van der Waals surface area (Å²) in [6.45, 7) is 4.54. The van der Waals surface area contributed by atoms with Gasteiger partial charge in [0.2, 0.25) is 0 Å². The minimum Gasteiger partial charge on any atom is -0.453 e. The van der Waals surface area contributed by atoms with Crippen molar-refractivity contribution in [1.82, 2.24) is 5.32 Å². The van der Waals surface area contributed by atoms with Gasteiger partial charge < -0.3 is 10.1 Å². The molecule has 1 aromatic carbocycles. The number of thiophene rings is 1. The van der Waals surface area contributed by atoms with Crippen LogP contribution in [0.5, 0.6) is 0 Å². The Morgan fingerprint density at radius 3 is 2.44 bits per heavy atom. The molecule has 0 saturated heterocycles. The highest BCUT2D eigenvalue weighted by atomic mass is 32.1. The van der Waals surface area contributed by atoms with Crippen LogP contribution in [-0.2, 0) is 9.53 Å². The number of methoxy groups -OCH3 is 1. The van der Waals surface area contributed by atoms with Crippen LogP contribution < -0.4 is 10.6 Å². The molecule has 3 N–H and O–H groups in total. The van der Waals surface area contributed by atoms with E-state index in [9.17, 15) is 9.59 Å². The summed E-state index contributed by atoms with van der Waals surface area (Å²) in [5.41, 5.74) is 2.46. The Hall–Kier alpha value is -2.18. The topological polar surface area (TPSA) is 72.0 Å². The van der Waals surface area contributed by atoms with Crippen LogP contribution in [0.25, 0.3) is 0 Å². The van der Waals surface area contributed by atoms with E-state index in [0.29, 0.717) is 5.92 Å². The van der Waals surface area contributed by atoms with Gasteiger partial charge in [-0.15, -0.1) is 11.3 Å². The zero-order valence-corrected chi connectivity index (χ0v) is 15.6. The summed E-state index contributed by atoms with van der Waals surface area (Å²) in [5, 5.41) is 6.14. The molecule has 0 fully saturated rings. The second kappa shape index (κ2) is 9.34. The number of ether oxygens (including phenoxy) is 1. The first-order chi connectivity index (χ1) is 12.0. The quantitative estimate of drug-likeness (QED) is 0.796. The van der Waals surface area contributed by atoms with Crippen molar-refractivity contribution in [3.63, 3.8) is 0 Å². The molecule has 2 aromatic rings. The molecule has 0 spiro atoms. The van der Waals surface area contributed by atoms with Crippen molar-refractivity contribution in [3.8, 4) is 0 Å². The van der Waals surface area contributed by atoms with Gasteiger partial charge in [0, 0.05) is 5.56 Å². The van der Waals surface area contributed by atoms with E-state index >= 15 is 0 Å². The zero-order valence-electron chi connectivity index (χ0n) is 14.8. The van der Waals surface area contributed by atoms with E-state index in [2.05, 4.69) is 54.2 Å². The lowest BCUT2D eigenvalue weighted by molar-refractivity contribution is -0.676. The lowest BCUT2D eigenvalue weighted by Gasteiger charge is -2.16. The summed E-state index contributed by atoms with van der Waals surface area (Å²) in [7, 11) is 1.24. The van der Waals surface area contributed by atoms with E-state index in [1.807, 2.05) is 16.8 Å². The molecule has 0 saturated carbocycles. The van der Waals surface area contributed by atoms with Crippen molar-refractivity contribution in [2.45, 2.75) is 32.2 Å². The molecule has 0 aliphatic heterocycles. The molecule has 0 unspecified atom stereocenters. The Bertz CT molecular complexity index is 683. The lowest BCUT2D eigenvalue weighted by Crippen LogP contribution is -2.87. The molecule has 0 bridgehead atoms. The van der Waals surface area contributed by atoms with Gasteiger partial charge in [-0.3, -0.25) is 10.1 Å². The number of nitrogens with one attached hydrogen (secondary N) is 1.